The molecule has 6 heteroatoms. The van der Waals surface area contributed by atoms with Crippen LogP contribution in [0.25, 0.3) is 0 Å². The van der Waals surface area contributed by atoms with Crippen LogP contribution in [0.1, 0.15) is 34.6 Å². The summed E-state index contributed by atoms with van der Waals surface area (Å²) in [5.41, 5.74) is -1.60. The number of likely N-dealkylation sites (N-methyl/N-ethyl adjacent to an activating group) is 1. The van der Waals surface area contributed by atoms with Crippen LogP contribution in [0.4, 0.5) is 4.79 Å². The highest BCUT2D eigenvalue weighted by Crippen LogP contribution is 2.16. The second-order valence-corrected chi connectivity index (χ2v) is 6.19. The summed E-state index contributed by atoms with van der Waals surface area (Å²) in [4.78, 5) is 27.0. The molecule has 0 bridgehead atoms. The number of rotatable bonds is 6. The molecule has 1 rings (SSSR count). The van der Waals surface area contributed by atoms with Crippen LogP contribution in [-0.2, 0) is 4.79 Å². The van der Waals surface area contributed by atoms with Crippen molar-refractivity contribution in [2.24, 2.45) is 0 Å². The van der Waals surface area contributed by atoms with E-state index >= 15 is 0 Å². The summed E-state index contributed by atoms with van der Waals surface area (Å²) >= 11 is 0. The van der Waals surface area contributed by atoms with Crippen LogP contribution in [0, 0.1) is 0 Å². The Kier molecular flexibility index (Phi) is 4.58. The molecule has 1 aliphatic rings. The van der Waals surface area contributed by atoms with Gasteiger partial charge in [-0.15, -0.1) is 0 Å². The smallest absolute Gasteiger partial charge is 0.325 e. The number of hydrogen-bond donors (Lipinski definition) is 2. The minimum Gasteiger partial charge on any atom is -0.389 e. The van der Waals surface area contributed by atoms with Gasteiger partial charge in [0.1, 0.15) is 5.54 Å². The fourth-order valence-electron chi connectivity index (χ4n) is 2.16. The van der Waals surface area contributed by atoms with Gasteiger partial charge in [0, 0.05) is 19.6 Å². The maximum Gasteiger partial charge on any atom is 0.325 e. The number of hydrogen-bond acceptors (Lipinski definition) is 4. The van der Waals surface area contributed by atoms with E-state index in [1.807, 2.05) is 11.8 Å². The van der Waals surface area contributed by atoms with Crippen LogP contribution in [0.3, 0.4) is 0 Å². The van der Waals surface area contributed by atoms with E-state index in [1.165, 1.54) is 4.90 Å². The van der Waals surface area contributed by atoms with Crippen molar-refractivity contribution in [1.29, 1.82) is 0 Å². The van der Waals surface area contributed by atoms with Gasteiger partial charge >= 0.3 is 6.03 Å². The minimum atomic E-state index is -0.815. The number of aliphatic hydroxyl groups is 1. The molecule has 2 N–H and O–H groups in total. The average molecular weight is 271 g/mol. The highest BCUT2D eigenvalue weighted by molar-refractivity contribution is 6.06. The van der Waals surface area contributed by atoms with Crippen LogP contribution in [0.2, 0.25) is 0 Å². The summed E-state index contributed by atoms with van der Waals surface area (Å²) in [6, 6.07) is -0.339. The van der Waals surface area contributed by atoms with Gasteiger partial charge in [0.15, 0.2) is 0 Å². The molecule has 0 saturated carbocycles. The molecule has 0 spiro atoms. The molecule has 6 nitrogen and oxygen atoms in total. The van der Waals surface area contributed by atoms with Crippen LogP contribution in [0.15, 0.2) is 0 Å². The number of nitrogens with one attached hydrogen (secondary N) is 1. The molecule has 1 aliphatic heterocycles. The number of nitrogens with zero attached hydrogens (tertiary/aromatic N) is 2. The van der Waals surface area contributed by atoms with Gasteiger partial charge in [0.25, 0.3) is 5.91 Å². The third-order valence-electron chi connectivity index (χ3n) is 3.14. The van der Waals surface area contributed by atoms with Gasteiger partial charge in [-0.3, -0.25) is 14.6 Å². The van der Waals surface area contributed by atoms with E-state index < -0.39 is 11.1 Å². The Morgan fingerprint density at radius 1 is 1.37 bits per heavy atom. The number of imide groups is 1. The van der Waals surface area contributed by atoms with E-state index in [4.69, 9.17) is 0 Å². The summed E-state index contributed by atoms with van der Waals surface area (Å²) in [5.74, 6) is -0.197. The van der Waals surface area contributed by atoms with Gasteiger partial charge in [-0.25, -0.2) is 4.79 Å². The molecular formula is C13H25N3O3. The largest absolute Gasteiger partial charge is 0.389 e. The monoisotopic (exact) mass is 271 g/mol. The molecule has 19 heavy (non-hydrogen) atoms. The minimum absolute atomic E-state index is 0.197. The van der Waals surface area contributed by atoms with E-state index in [0.29, 0.717) is 19.6 Å². The second kappa shape index (κ2) is 5.46. The van der Waals surface area contributed by atoms with Gasteiger partial charge in [-0.2, -0.15) is 0 Å². The first-order valence-corrected chi connectivity index (χ1v) is 6.65. The molecule has 1 saturated heterocycles. The molecule has 0 unspecified atom stereocenters. The predicted molar refractivity (Wildman–Crippen MR) is 72.7 cm³/mol. The maximum atomic E-state index is 12.0. The third kappa shape index (κ3) is 4.18. The lowest BCUT2D eigenvalue weighted by Crippen LogP contribution is -2.44. The number of amides is 3. The predicted octanol–water partition coefficient (Wildman–Crippen LogP) is 0.410. The van der Waals surface area contributed by atoms with Crippen molar-refractivity contribution in [3.8, 4) is 0 Å². The SMILES string of the molecule is CCN(CCN1C(=O)NC(C)(C)C1=O)CC(C)(C)O. The van der Waals surface area contributed by atoms with E-state index in [2.05, 4.69) is 5.32 Å². The molecule has 0 atom stereocenters. The van der Waals surface area contributed by atoms with Gasteiger partial charge in [-0.1, -0.05) is 6.92 Å². The second-order valence-electron chi connectivity index (χ2n) is 6.19. The summed E-state index contributed by atoms with van der Waals surface area (Å²) in [6.45, 7) is 11.0. The first-order chi connectivity index (χ1) is 8.57. The van der Waals surface area contributed by atoms with Crippen molar-refractivity contribution in [2.75, 3.05) is 26.2 Å². The quantitative estimate of drug-likeness (QED) is 0.686. The molecule has 1 fully saturated rings. The van der Waals surface area contributed by atoms with E-state index in [1.54, 1.807) is 27.7 Å². The molecule has 110 valence electrons. The fourth-order valence-corrected chi connectivity index (χ4v) is 2.16. The molecule has 0 aliphatic carbocycles. The van der Waals surface area contributed by atoms with Crippen molar-refractivity contribution in [1.82, 2.24) is 15.1 Å². The lowest BCUT2D eigenvalue weighted by molar-refractivity contribution is -0.130. The standard InChI is InChI=1S/C13H25N3O3/c1-6-15(9-12(2,3)19)7-8-16-10(17)13(4,5)14-11(16)18/h19H,6-9H2,1-5H3,(H,14,18). The third-order valence-corrected chi connectivity index (χ3v) is 3.14. The highest BCUT2D eigenvalue weighted by Gasteiger charge is 2.43. The molecule has 3 amide bonds. The first-order valence-electron chi connectivity index (χ1n) is 6.65. The van der Waals surface area contributed by atoms with Crippen molar-refractivity contribution in [3.05, 3.63) is 0 Å². The number of carbonyl (C=O) groups is 2. The zero-order valence-electron chi connectivity index (χ0n) is 12.5. The Bertz CT molecular complexity index is 361. The van der Waals surface area contributed by atoms with Gasteiger partial charge in [0.05, 0.1) is 5.60 Å². The van der Waals surface area contributed by atoms with Crippen LogP contribution < -0.4 is 5.32 Å². The van der Waals surface area contributed by atoms with E-state index in [9.17, 15) is 14.7 Å². The van der Waals surface area contributed by atoms with Gasteiger partial charge < -0.3 is 10.4 Å². The first kappa shape index (κ1) is 15.9. The fraction of sp³-hybridized carbons (Fsp3) is 0.846. The van der Waals surface area contributed by atoms with Crippen molar-refractivity contribution < 1.29 is 14.7 Å². The van der Waals surface area contributed by atoms with Crippen molar-refractivity contribution in [2.45, 2.75) is 45.8 Å². The molecule has 0 radical (unpaired) electrons. The summed E-state index contributed by atoms with van der Waals surface area (Å²) in [6.07, 6.45) is 0. The van der Waals surface area contributed by atoms with E-state index in [-0.39, 0.29) is 11.9 Å². The Morgan fingerprint density at radius 2 is 1.95 bits per heavy atom. The summed E-state index contributed by atoms with van der Waals surface area (Å²) in [5, 5.41) is 12.4. The van der Waals surface area contributed by atoms with Crippen LogP contribution in [0.5, 0.6) is 0 Å². The van der Waals surface area contributed by atoms with Gasteiger partial charge in [0.2, 0.25) is 0 Å². The van der Waals surface area contributed by atoms with Crippen LogP contribution in [-0.4, -0.2) is 64.2 Å². The van der Waals surface area contributed by atoms with Crippen molar-refractivity contribution in [3.63, 3.8) is 0 Å². The Balaban J connectivity index is 2.56. The topological polar surface area (TPSA) is 72.9 Å². The lowest BCUT2D eigenvalue weighted by Gasteiger charge is -2.29. The summed E-state index contributed by atoms with van der Waals surface area (Å²) < 4.78 is 0. The zero-order valence-corrected chi connectivity index (χ0v) is 12.5. The summed E-state index contributed by atoms with van der Waals surface area (Å²) in [7, 11) is 0. The molecule has 0 aromatic carbocycles. The molecule has 1 heterocycles. The Morgan fingerprint density at radius 3 is 2.32 bits per heavy atom. The maximum absolute atomic E-state index is 12.0. The molecule has 0 aromatic rings. The molecule has 0 aromatic heterocycles. The van der Waals surface area contributed by atoms with E-state index in [0.717, 1.165) is 6.54 Å². The number of carbonyl (C=O) groups excluding carboxylic acids is 2. The number of urea groups is 1. The Hall–Kier alpha value is -1.14. The highest BCUT2D eigenvalue weighted by atomic mass is 16.3. The lowest BCUT2D eigenvalue weighted by atomic mass is 10.1. The van der Waals surface area contributed by atoms with Crippen molar-refractivity contribution >= 4 is 11.9 Å². The Labute approximate surface area is 114 Å². The molecular weight excluding hydrogens is 246 g/mol. The van der Waals surface area contributed by atoms with Crippen LogP contribution >= 0.6 is 0 Å². The normalized spacial score (nSPS) is 19.2. The zero-order chi connectivity index (χ0) is 14.8. The average Bonchev–Trinajstić information content (AvgIpc) is 2.43. The van der Waals surface area contributed by atoms with Gasteiger partial charge in [-0.05, 0) is 34.2 Å².